The molecule has 2 aromatic rings. The topological polar surface area (TPSA) is 88.6 Å². The Bertz CT molecular complexity index is 828. The van der Waals surface area contributed by atoms with Gasteiger partial charge in [0.05, 0.1) is 30.7 Å². The molecule has 8 heteroatoms. The number of hydrogen-bond donors (Lipinski definition) is 1. The van der Waals surface area contributed by atoms with E-state index < -0.39 is 16.1 Å². The summed E-state index contributed by atoms with van der Waals surface area (Å²) in [7, 11) is -3.55. The van der Waals surface area contributed by atoms with Gasteiger partial charge in [0.25, 0.3) is 5.91 Å². The maximum absolute atomic E-state index is 12.5. The summed E-state index contributed by atoms with van der Waals surface area (Å²) in [6.07, 6.45) is 1.05. The molecule has 1 fully saturated rings. The highest BCUT2D eigenvalue weighted by Crippen LogP contribution is 2.12. The molecule has 0 bridgehead atoms. The molecule has 0 aliphatic carbocycles. The Hall–Kier alpha value is -2.29. The largest absolute Gasteiger partial charge is 0.373 e. The van der Waals surface area contributed by atoms with Crippen LogP contribution in [0.1, 0.15) is 16.1 Å². The summed E-state index contributed by atoms with van der Waals surface area (Å²) in [6, 6.07) is 14.3. The van der Waals surface area contributed by atoms with Crippen molar-refractivity contribution in [3.63, 3.8) is 0 Å². The van der Waals surface area contributed by atoms with E-state index in [4.69, 9.17) is 4.74 Å². The van der Waals surface area contributed by atoms with Gasteiger partial charge in [0.2, 0.25) is 10.0 Å². The molecule has 3 rings (SSSR count). The minimum absolute atomic E-state index is 0.113. The van der Waals surface area contributed by atoms with Gasteiger partial charge in [-0.15, -0.1) is 0 Å². The molecule has 0 spiro atoms. The number of nitrogens with one attached hydrogen (secondary N) is 1. The zero-order valence-corrected chi connectivity index (χ0v) is 15.1. The molecule has 26 heavy (non-hydrogen) atoms. The molecule has 1 aliphatic rings. The lowest BCUT2D eigenvalue weighted by atomic mass is 10.2. The Morgan fingerprint density at radius 2 is 1.96 bits per heavy atom. The Morgan fingerprint density at radius 1 is 1.19 bits per heavy atom. The minimum atomic E-state index is -3.55. The maximum Gasteiger partial charge on any atom is 0.254 e. The van der Waals surface area contributed by atoms with Crippen LogP contribution in [0, 0.1) is 0 Å². The van der Waals surface area contributed by atoms with Crippen molar-refractivity contribution >= 4 is 15.9 Å². The summed E-state index contributed by atoms with van der Waals surface area (Å²) in [6.45, 7) is 1.14. The number of sulfonamides is 1. The van der Waals surface area contributed by atoms with E-state index in [0.717, 1.165) is 0 Å². The average Bonchev–Trinajstić information content (AvgIpc) is 2.67. The molecular weight excluding hydrogens is 354 g/mol. The van der Waals surface area contributed by atoms with Gasteiger partial charge >= 0.3 is 0 Å². The Kier molecular flexibility index (Phi) is 5.97. The van der Waals surface area contributed by atoms with Gasteiger partial charge in [-0.05, 0) is 24.3 Å². The van der Waals surface area contributed by atoms with Crippen LogP contribution in [-0.2, 0) is 21.3 Å². The van der Waals surface area contributed by atoms with Crippen LogP contribution in [0.15, 0.2) is 54.7 Å². The summed E-state index contributed by atoms with van der Waals surface area (Å²) in [5, 5.41) is 0. The second-order valence-electron chi connectivity index (χ2n) is 6.03. The number of carbonyl (C=O) groups excluding carboxylic acids is 1. The quantitative estimate of drug-likeness (QED) is 0.815. The molecule has 0 radical (unpaired) electrons. The van der Waals surface area contributed by atoms with Crippen molar-refractivity contribution in [3.05, 3.63) is 66.0 Å². The molecule has 1 atom stereocenters. The van der Waals surface area contributed by atoms with Gasteiger partial charge in [0.15, 0.2) is 0 Å². The molecule has 2 heterocycles. The standard InChI is InChI=1S/C18H21N3O4S/c22-18(15-6-2-1-3-7-15)21-10-11-25-17(13-21)14-26(23,24)20-12-16-8-4-5-9-19-16/h1-9,17,20H,10-14H2. The van der Waals surface area contributed by atoms with Crippen LogP contribution in [0.3, 0.4) is 0 Å². The molecule has 1 amide bonds. The second kappa shape index (κ2) is 8.39. The van der Waals surface area contributed by atoms with Gasteiger partial charge in [-0.3, -0.25) is 9.78 Å². The van der Waals surface area contributed by atoms with Crippen molar-refractivity contribution in [1.82, 2.24) is 14.6 Å². The number of amides is 1. The third-order valence-corrected chi connectivity index (χ3v) is 5.45. The van der Waals surface area contributed by atoms with E-state index in [9.17, 15) is 13.2 Å². The first-order chi connectivity index (χ1) is 12.5. The summed E-state index contributed by atoms with van der Waals surface area (Å²) < 4.78 is 32.7. The smallest absolute Gasteiger partial charge is 0.254 e. The SMILES string of the molecule is O=C(c1ccccc1)N1CCOC(CS(=O)(=O)NCc2ccccn2)C1. The molecule has 1 saturated heterocycles. The fourth-order valence-corrected chi connectivity index (χ4v) is 3.93. The van der Waals surface area contributed by atoms with Gasteiger partial charge in [-0.2, -0.15) is 0 Å². The van der Waals surface area contributed by atoms with E-state index in [-0.39, 0.29) is 24.7 Å². The lowest BCUT2D eigenvalue weighted by Crippen LogP contribution is -2.49. The van der Waals surface area contributed by atoms with Crippen molar-refractivity contribution in [2.75, 3.05) is 25.4 Å². The van der Waals surface area contributed by atoms with E-state index in [0.29, 0.717) is 24.4 Å². The predicted octanol–water partition coefficient (Wildman–Crippen LogP) is 1.04. The van der Waals surface area contributed by atoms with Crippen LogP contribution in [0.25, 0.3) is 0 Å². The normalized spacial score (nSPS) is 17.8. The number of morpholine rings is 1. The zero-order valence-electron chi connectivity index (χ0n) is 14.2. The molecule has 1 aliphatic heterocycles. The van der Waals surface area contributed by atoms with Crippen LogP contribution in [0.5, 0.6) is 0 Å². The van der Waals surface area contributed by atoms with Gasteiger partial charge in [-0.25, -0.2) is 13.1 Å². The monoisotopic (exact) mass is 375 g/mol. The lowest BCUT2D eigenvalue weighted by molar-refractivity contribution is -0.0110. The van der Waals surface area contributed by atoms with Crippen molar-refractivity contribution < 1.29 is 17.9 Å². The highest BCUT2D eigenvalue weighted by molar-refractivity contribution is 7.89. The summed E-state index contributed by atoms with van der Waals surface area (Å²) in [4.78, 5) is 18.2. The first-order valence-corrected chi connectivity index (χ1v) is 10.0. The van der Waals surface area contributed by atoms with Crippen molar-refractivity contribution in [3.8, 4) is 0 Å². The number of benzene rings is 1. The third-order valence-electron chi connectivity index (χ3n) is 4.05. The Morgan fingerprint density at radius 3 is 2.69 bits per heavy atom. The Balaban J connectivity index is 1.56. The molecule has 1 N–H and O–H groups in total. The zero-order chi connectivity index (χ0) is 18.4. The van der Waals surface area contributed by atoms with Crippen molar-refractivity contribution in [2.45, 2.75) is 12.6 Å². The summed E-state index contributed by atoms with van der Waals surface area (Å²) in [5.41, 5.74) is 1.23. The number of nitrogens with zero attached hydrogens (tertiary/aromatic N) is 2. The summed E-state index contributed by atoms with van der Waals surface area (Å²) >= 11 is 0. The number of hydrogen-bond acceptors (Lipinski definition) is 5. The highest BCUT2D eigenvalue weighted by atomic mass is 32.2. The van der Waals surface area contributed by atoms with Gasteiger partial charge < -0.3 is 9.64 Å². The van der Waals surface area contributed by atoms with Crippen LogP contribution in [0.4, 0.5) is 0 Å². The van der Waals surface area contributed by atoms with Crippen LogP contribution in [-0.4, -0.2) is 55.8 Å². The Labute approximate surface area is 153 Å². The fraction of sp³-hybridized carbons (Fsp3) is 0.333. The number of rotatable bonds is 6. The van der Waals surface area contributed by atoms with Crippen molar-refractivity contribution in [1.29, 1.82) is 0 Å². The number of aromatic nitrogens is 1. The van der Waals surface area contributed by atoms with Crippen LogP contribution >= 0.6 is 0 Å². The third kappa shape index (κ3) is 5.10. The fourth-order valence-electron chi connectivity index (χ4n) is 2.76. The predicted molar refractivity (Wildman–Crippen MR) is 96.9 cm³/mol. The summed E-state index contributed by atoms with van der Waals surface area (Å²) in [5.74, 6) is -0.309. The first kappa shape index (κ1) is 18.5. The molecule has 138 valence electrons. The molecule has 0 saturated carbocycles. The molecule has 1 unspecified atom stereocenters. The molecule has 1 aromatic heterocycles. The number of ether oxygens (including phenoxy) is 1. The molecule has 7 nitrogen and oxygen atoms in total. The minimum Gasteiger partial charge on any atom is -0.373 e. The van der Waals surface area contributed by atoms with E-state index in [1.807, 2.05) is 6.07 Å². The lowest BCUT2D eigenvalue weighted by Gasteiger charge is -2.32. The number of carbonyl (C=O) groups is 1. The van der Waals surface area contributed by atoms with Gasteiger partial charge in [0.1, 0.15) is 0 Å². The van der Waals surface area contributed by atoms with E-state index in [1.165, 1.54) is 0 Å². The van der Waals surface area contributed by atoms with Gasteiger partial charge in [0, 0.05) is 24.8 Å². The van der Waals surface area contributed by atoms with Crippen LogP contribution < -0.4 is 4.72 Å². The van der Waals surface area contributed by atoms with Gasteiger partial charge in [-0.1, -0.05) is 24.3 Å². The molecule has 1 aromatic carbocycles. The van der Waals surface area contributed by atoms with E-state index in [1.54, 1.807) is 53.6 Å². The second-order valence-corrected chi connectivity index (χ2v) is 7.89. The molecular formula is C18H21N3O4S. The number of pyridine rings is 1. The van der Waals surface area contributed by atoms with E-state index >= 15 is 0 Å². The first-order valence-electron chi connectivity index (χ1n) is 8.37. The van der Waals surface area contributed by atoms with Crippen LogP contribution in [0.2, 0.25) is 0 Å². The highest BCUT2D eigenvalue weighted by Gasteiger charge is 2.28. The van der Waals surface area contributed by atoms with E-state index in [2.05, 4.69) is 9.71 Å². The maximum atomic E-state index is 12.5. The van der Waals surface area contributed by atoms with Crippen molar-refractivity contribution in [2.24, 2.45) is 0 Å². The average molecular weight is 375 g/mol.